The molecule has 19 heavy (non-hydrogen) atoms. The third kappa shape index (κ3) is 5.49. The Morgan fingerprint density at radius 1 is 1.47 bits per heavy atom. The second-order valence-electron chi connectivity index (χ2n) is 6.29. The van der Waals surface area contributed by atoms with Crippen LogP contribution in [-0.2, 0) is 9.53 Å². The van der Waals surface area contributed by atoms with Gasteiger partial charge < -0.3 is 15.4 Å². The standard InChI is InChI=1S/C15H30N2O2/c1-12(2)19-10-6-9-17-14(18)15(3,4)13-7-5-8-16-11-13/h12-13,16H,5-11H2,1-4H3,(H,17,18). The fraction of sp³-hybridized carbons (Fsp3) is 0.933. The van der Waals surface area contributed by atoms with Crippen LogP contribution in [0.5, 0.6) is 0 Å². The molecule has 0 aromatic rings. The van der Waals surface area contributed by atoms with Crippen LogP contribution in [0.4, 0.5) is 0 Å². The average Bonchev–Trinajstić information content (AvgIpc) is 2.38. The summed E-state index contributed by atoms with van der Waals surface area (Å²) in [5, 5.41) is 6.43. The molecule has 112 valence electrons. The van der Waals surface area contributed by atoms with Gasteiger partial charge in [0.1, 0.15) is 0 Å². The van der Waals surface area contributed by atoms with Crippen molar-refractivity contribution in [2.45, 2.75) is 53.1 Å². The maximum absolute atomic E-state index is 12.3. The highest BCUT2D eigenvalue weighted by Gasteiger charge is 2.36. The summed E-state index contributed by atoms with van der Waals surface area (Å²) in [6, 6.07) is 0. The van der Waals surface area contributed by atoms with Gasteiger partial charge in [0.15, 0.2) is 0 Å². The SMILES string of the molecule is CC(C)OCCCNC(=O)C(C)(C)C1CCCNC1. The lowest BCUT2D eigenvalue weighted by atomic mass is 9.74. The number of hydrogen-bond donors (Lipinski definition) is 2. The first kappa shape index (κ1) is 16.4. The van der Waals surface area contributed by atoms with E-state index in [0.717, 1.165) is 25.9 Å². The Bertz CT molecular complexity index is 271. The van der Waals surface area contributed by atoms with Gasteiger partial charge in [0.25, 0.3) is 0 Å². The maximum Gasteiger partial charge on any atom is 0.225 e. The Labute approximate surface area is 117 Å². The molecule has 4 heteroatoms. The van der Waals surface area contributed by atoms with Crippen molar-refractivity contribution in [2.75, 3.05) is 26.2 Å². The van der Waals surface area contributed by atoms with Crippen LogP contribution >= 0.6 is 0 Å². The Hall–Kier alpha value is -0.610. The van der Waals surface area contributed by atoms with Gasteiger partial charge >= 0.3 is 0 Å². The Kier molecular flexibility index (Phi) is 6.80. The van der Waals surface area contributed by atoms with Gasteiger partial charge in [-0.2, -0.15) is 0 Å². The number of rotatable bonds is 7. The Morgan fingerprint density at radius 3 is 2.79 bits per heavy atom. The summed E-state index contributed by atoms with van der Waals surface area (Å²) < 4.78 is 5.46. The molecule has 1 aliphatic rings. The summed E-state index contributed by atoms with van der Waals surface area (Å²) in [6.07, 6.45) is 3.46. The van der Waals surface area contributed by atoms with Crippen molar-refractivity contribution < 1.29 is 9.53 Å². The molecular weight excluding hydrogens is 240 g/mol. The third-order valence-electron chi connectivity index (χ3n) is 3.96. The highest BCUT2D eigenvalue weighted by atomic mass is 16.5. The maximum atomic E-state index is 12.3. The quantitative estimate of drug-likeness (QED) is 0.695. The number of amides is 1. The topological polar surface area (TPSA) is 50.4 Å². The first-order valence-electron chi connectivity index (χ1n) is 7.55. The van der Waals surface area contributed by atoms with E-state index in [1.54, 1.807) is 0 Å². The zero-order chi connectivity index (χ0) is 14.3. The highest BCUT2D eigenvalue weighted by molar-refractivity contribution is 5.82. The predicted molar refractivity (Wildman–Crippen MR) is 78.1 cm³/mol. The van der Waals surface area contributed by atoms with Crippen molar-refractivity contribution in [2.24, 2.45) is 11.3 Å². The van der Waals surface area contributed by atoms with Crippen molar-refractivity contribution in [3.8, 4) is 0 Å². The average molecular weight is 270 g/mol. The molecule has 1 rings (SSSR count). The first-order chi connectivity index (χ1) is 8.94. The molecule has 0 bridgehead atoms. The molecule has 1 fully saturated rings. The van der Waals surface area contributed by atoms with Crippen molar-refractivity contribution in [3.05, 3.63) is 0 Å². The van der Waals surface area contributed by atoms with Gasteiger partial charge in [-0.25, -0.2) is 0 Å². The molecule has 1 unspecified atom stereocenters. The lowest BCUT2D eigenvalue weighted by Crippen LogP contribution is -2.47. The van der Waals surface area contributed by atoms with E-state index in [4.69, 9.17) is 4.74 Å². The van der Waals surface area contributed by atoms with Crippen molar-refractivity contribution in [1.82, 2.24) is 10.6 Å². The van der Waals surface area contributed by atoms with E-state index in [9.17, 15) is 4.79 Å². The van der Waals surface area contributed by atoms with Crippen LogP contribution in [0.15, 0.2) is 0 Å². The predicted octanol–water partition coefficient (Wildman–Crippen LogP) is 1.94. The lowest BCUT2D eigenvalue weighted by molar-refractivity contribution is -0.132. The molecule has 1 heterocycles. The molecule has 0 aromatic heterocycles. The van der Waals surface area contributed by atoms with E-state index in [2.05, 4.69) is 24.5 Å². The zero-order valence-corrected chi connectivity index (χ0v) is 12.9. The van der Waals surface area contributed by atoms with E-state index in [0.29, 0.717) is 19.1 Å². The molecule has 1 atom stereocenters. The van der Waals surface area contributed by atoms with Crippen molar-refractivity contribution in [3.63, 3.8) is 0 Å². The molecule has 0 aromatic carbocycles. The summed E-state index contributed by atoms with van der Waals surface area (Å²) in [7, 11) is 0. The lowest BCUT2D eigenvalue weighted by Gasteiger charge is -2.36. The van der Waals surface area contributed by atoms with Gasteiger partial charge in [0.2, 0.25) is 5.91 Å². The van der Waals surface area contributed by atoms with Crippen LogP contribution in [0.2, 0.25) is 0 Å². The van der Waals surface area contributed by atoms with E-state index >= 15 is 0 Å². The van der Waals surface area contributed by atoms with Crippen LogP contribution < -0.4 is 10.6 Å². The molecule has 0 radical (unpaired) electrons. The molecule has 1 aliphatic heterocycles. The second kappa shape index (κ2) is 7.85. The van der Waals surface area contributed by atoms with Crippen LogP contribution in [0.25, 0.3) is 0 Å². The molecular formula is C15H30N2O2. The van der Waals surface area contributed by atoms with E-state index in [1.165, 1.54) is 6.42 Å². The summed E-state index contributed by atoms with van der Waals surface area (Å²) in [5.74, 6) is 0.610. The van der Waals surface area contributed by atoms with Crippen molar-refractivity contribution in [1.29, 1.82) is 0 Å². The number of piperidine rings is 1. The molecule has 0 saturated carbocycles. The summed E-state index contributed by atoms with van der Waals surface area (Å²) in [6.45, 7) is 11.6. The zero-order valence-electron chi connectivity index (χ0n) is 12.9. The van der Waals surface area contributed by atoms with Crippen molar-refractivity contribution >= 4 is 5.91 Å². The van der Waals surface area contributed by atoms with Gasteiger partial charge in [-0.1, -0.05) is 13.8 Å². The van der Waals surface area contributed by atoms with Gasteiger partial charge in [0, 0.05) is 18.6 Å². The molecule has 4 nitrogen and oxygen atoms in total. The minimum atomic E-state index is -0.285. The Morgan fingerprint density at radius 2 is 2.21 bits per heavy atom. The summed E-state index contributed by atoms with van der Waals surface area (Å²) in [5.41, 5.74) is -0.285. The van der Waals surface area contributed by atoms with Gasteiger partial charge in [-0.3, -0.25) is 4.79 Å². The summed E-state index contributed by atoms with van der Waals surface area (Å²) >= 11 is 0. The largest absolute Gasteiger partial charge is 0.379 e. The molecule has 2 N–H and O–H groups in total. The smallest absolute Gasteiger partial charge is 0.225 e. The number of carbonyl (C=O) groups excluding carboxylic acids is 1. The molecule has 1 amide bonds. The fourth-order valence-electron chi connectivity index (χ4n) is 2.47. The third-order valence-corrected chi connectivity index (χ3v) is 3.96. The van der Waals surface area contributed by atoms with E-state index in [-0.39, 0.29) is 17.4 Å². The number of nitrogens with one attached hydrogen (secondary N) is 2. The van der Waals surface area contributed by atoms with E-state index in [1.807, 2.05) is 13.8 Å². The van der Waals surface area contributed by atoms with Gasteiger partial charge in [0.05, 0.1) is 6.10 Å². The van der Waals surface area contributed by atoms with Crippen LogP contribution in [0, 0.1) is 11.3 Å². The first-order valence-corrected chi connectivity index (χ1v) is 7.55. The number of hydrogen-bond acceptors (Lipinski definition) is 3. The highest BCUT2D eigenvalue weighted by Crippen LogP contribution is 2.31. The number of ether oxygens (including phenoxy) is 1. The minimum absolute atomic E-state index is 0.172. The molecule has 1 saturated heterocycles. The molecule has 0 spiro atoms. The van der Waals surface area contributed by atoms with Gasteiger partial charge in [-0.15, -0.1) is 0 Å². The monoisotopic (exact) mass is 270 g/mol. The van der Waals surface area contributed by atoms with Crippen LogP contribution in [0.3, 0.4) is 0 Å². The fourth-order valence-corrected chi connectivity index (χ4v) is 2.47. The Balaban J connectivity index is 2.26. The summed E-state index contributed by atoms with van der Waals surface area (Å²) in [4.78, 5) is 12.3. The minimum Gasteiger partial charge on any atom is -0.379 e. The van der Waals surface area contributed by atoms with Crippen LogP contribution in [0.1, 0.15) is 47.0 Å². The number of carbonyl (C=O) groups is 1. The van der Waals surface area contributed by atoms with Crippen LogP contribution in [-0.4, -0.2) is 38.3 Å². The normalized spacial score (nSPS) is 20.6. The van der Waals surface area contributed by atoms with E-state index < -0.39 is 0 Å². The second-order valence-corrected chi connectivity index (χ2v) is 6.29. The van der Waals surface area contributed by atoms with Gasteiger partial charge in [-0.05, 0) is 52.1 Å². The molecule has 0 aliphatic carbocycles.